The average molecular weight is 512 g/mol. The number of nitrogens with one attached hydrogen (secondary N) is 2. The highest BCUT2D eigenvalue weighted by Gasteiger charge is 2.19. The highest BCUT2D eigenvalue weighted by molar-refractivity contribution is 6.03. The van der Waals surface area contributed by atoms with Crippen LogP contribution >= 0.6 is 0 Å². The first kappa shape index (κ1) is 24.5. The van der Waals surface area contributed by atoms with E-state index in [9.17, 15) is 4.79 Å². The van der Waals surface area contributed by atoms with Crippen molar-refractivity contribution in [3.63, 3.8) is 0 Å². The van der Waals surface area contributed by atoms with Crippen LogP contribution in [0.2, 0.25) is 0 Å². The van der Waals surface area contributed by atoms with E-state index in [1.807, 2.05) is 48.7 Å². The van der Waals surface area contributed by atoms with Gasteiger partial charge in [0.15, 0.2) is 0 Å². The lowest BCUT2D eigenvalue weighted by atomic mass is 10.1. The van der Waals surface area contributed by atoms with Gasteiger partial charge in [0.05, 0.1) is 18.7 Å². The van der Waals surface area contributed by atoms with E-state index >= 15 is 0 Å². The van der Waals surface area contributed by atoms with E-state index in [0.717, 1.165) is 98.0 Å². The van der Waals surface area contributed by atoms with E-state index in [1.54, 1.807) is 6.20 Å². The Morgan fingerprint density at radius 2 is 1.87 bits per heavy atom. The largest absolute Gasteiger partial charge is 0.378 e. The number of likely N-dealkylation sites (tertiary alicyclic amines) is 1. The van der Waals surface area contributed by atoms with Gasteiger partial charge in [0, 0.05) is 61.4 Å². The molecule has 1 amide bonds. The topological polar surface area (TPSA) is 112 Å². The molecule has 1 unspecified atom stereocenters. The van der Waals surface area contributed by atoms with Crippen LogP contribution in [-0.4, -0.2) is 71.2 Å². The molecule has 9 nitrogen and oxygen atoms in total. The molecule has 2 aliphatic rings. The number of piperidine rings is 1. The second-order valence-electron chi connectivity index (χ2n) is 10.1. The minimum Gasteiger partial charge on any atom is -0.378 e. The molecule has 5 heterocycles. The summed E-state index contributed by atoms with van der Waals surface area (Å²) in [6.07, 6.45) is 5.73. The fourth-order valence-electron chi connectivity index (χ4n) is 5.34. The molecule has 3 aromatic heterocycles. The summed E-state index contributed by atoms with van der Waals surface area (Å²) in [4.78, 5) is 30.0. The zero-order valence-corrected chi connectivity index (χ0v) is 21.4. The van der Waals surface area contributed by atoms with Crippen molar-refractivity contribution in [1.82, 2.24) is 19.9 Å². The average Bonchev–Trinajstić information content (AvgIpc) is 3.39. The van der Waals surface area contributed by atoms with Crippen LogP contribution in [0.25, 0.3) is 22.2 Å². The first-order valence-corrected chi connectivity index (χ1v) is 13.3. The van der Waals surface area contributed by atoms with E-state index in [0.29, 0.717) is 5.69 Å². The van der Waals surface area contributed by atoms with Crippen LogP contribution < -0.4 is 16.0 Å². The zero-order valence-electron chi connectivity index (χ0n) is 21.4. The molecule has 0 saturated carbocycles. The molecule has 0 radical (unpaired) electrons. The molecule has 0 spiro atoms. The number of rotatable bonds is 6. The maximum atomic E-state index is 12.9. The Morgan fingerprint density at radius 3 is 2.68 bits per heavy atom. The number of nitrogens with two attached hydrogens (primary N) is 1. The van der Waals surface area contributed by atoms with Gasteiger partial charge in [0.1, 0.15) is 11.5 Å². The van der Waals surface area contributed by atoms with Gasteiger partial charge < -0.3 is 25.7 Å². The van der Waals surface area contributed by atoms with Gasteiger partial charge in [-0.25, -0.2) is 4.98 Å². The second-order valence-corrected chi connectivity index (χ2v) is 10.1. The lowest BCUT2D eigenvalue weighted by molar-refractivity contribution is 0.102. The van der Waals surface area contributed by atoms with Crippen molar-refractivity contribution in [1.29, 1.82) is 0 Å². The smallest absolute Gasteiger partial charge is 0.274 e. The summed E-state index contributed by atoms with van der Waals surface area (Å²) in [5.74, 6) is 0.761. The minimum absolute atomic E-state index is 0.221. The normalized spacial score (nSPS) is 18.6. The SMILES string of the molecule is NC1CCCN(Cc2ccnc(C(=O)Nc3ccc(-c4cc5c(N6CCOCC6)nccc5[nH]4)cc3)c2)C1. The second kappa shape index (κ2) is 10.9. The summed E-state index contributed by atoms with van der Waals surface area (Å²) in [5.41, 5.74) is 11.4. The minimum atomic E-state index is -0.221. The Balaban J connectivity index is 1.14. The number of hydrogen-bond donors (Lipinski definition) is 3. The van der Waals surface area contributed by atoms with E-state index in [1.165, 1.54) is 0 Å². The van der Waals surface area contributed by atoms with Crippen LogP contribution in [0.5, 0.6) is 0 Å². The third-order valence-electron chi connectivity index (χ3n) is 7.30. The number of amides is 1. The summed E-state index contributed by atoms with van der Waals surface area (Å²) in [6, 6.07) is 16.0. The van der Waals surface area contributed by atoms with Crippen LogP contribution in [0.4, 0.5) is 11.5 Å². The number of pyridine rings is 2. The van der Waals surface area contributed by atoms with Crippen molar-refractivity contribution in [3.8, 4) is 11.3 Å². The molecule has 0 bridgehead atoms. The Labute approximate surface area is 222 Å². The van der Waals surface area contributed by atoms with Gasteiger partial charge in [0.2, 0.25) is 0 Å². The fourth-order valence-corrected chi connectivity index (χ4v) is 5.34. The highest BCUT2D eigenvalue weighted by Crippen LogP contribution is 2.30. The first-order chi connectivity index (χ1) is 18.6. The van der Waals surface area contributed by atoms with Crippen molar-refractivity contribution in [3.05, 3.63) is 72.2 Å². The number of carbonyl (C=O) groups excluding carboxylic acids is 1. The number of morpholine rings is 1. The van der Waals surface area contributed by atoms with Crippen molar-refractivity contribution in [2.24, 2.45) is 5.73 Å². The van der Waals surface area contributed by atoms with Crippen LogP contribution in [0, 0.1) is 0 Å². The van der Waals surface area contributed by atoms with E-state index < -0.39 is 0 Å². The molecule has 9 heteroatoms. The van der Waals surface area contributed by atoms with Crippen molar-refractivity contribution in [2.45, 2.75) is 25.4 Å². The summed E-state index contributed by atoms with van der Waals surface area (Å²) >= 11 is 0. The molecule has 38 heavy (non-hydrogen) atoms. The predicted octanol–water partition coefficient (Wildman–Crippen LogP) is 3.64. The Morgan fingerprint density at radius 1 is 1.05 bits per heavy atom. The number of anilines is 2. The summed E-state index contributed by atoms with van der Waals surface area (Å²) in [6.45, 7) is 5.81. The molecule has 0 aliphatic carbocycles. The van der Waals surface area contributed by atoms with Crippen molar-refractivity contribution in [2.75, 3.05) is 49.6 Å². The zero-order chi connectivity index (χ0) is 25.9. The third-order valence-corrected chi connectivity index (χ3v) is 7.30. The van der Waals surface area contributed by atoms with E-state index in [4.69, 9.17) is 10.5 Å². The number of fused-ring (bicyclic) bond motifs is 1. The number of ether oxygens (including phenoxy) is 1. The summed E-state index contributed by atoms with van der Waals surface area (Å²) in [5, 5.41) is 4.08. The molecule has 2 saturated heterocycles. The standard InChI is InChI=1S/C29H33N7O2/c30-22-2-1-11-35(19-22)18-20-7-9-31-27(16-20)29(37)33-23-5-3-21(4-6-23)26-17-24-25(34-26)8-10-32-28(24)36-12-14-38-15-13-36/h3-10,16-17,22,34H,1-2,11-15,18-19,30H2,(H,33,37). The third kappa shape index (κ3) is 5.40. The predicted molar refractivity (Wildman–Crippen MR) is 149 cm³/mol. The lowest BCUT2D eigenvalue weighted by Crippen LogP contribution is -2.42. The van der Waals surface area contributed by atoms with Crippen LogP contribution in [-0.2, 0) is 11.3 Å². The maximum Gasteiger partial charge on any atom is 0.274 e. The number of H-pyrrole nitrogens is 1. The molecule has 1 aromatic carbocycles. The Bertz CT molecular complexity index is 1410. The molecular weight excluding hydrogens is 478 g/mol. The van der Waals surface area contributed by atoms with Gasteiger partial charge in [-0.3, -0.25) is 14.7 Å². The number of benzene rings is 1. The molecular formula is C29H33N7O2. The van der Waals surface area contributed by atoms with Gasteiger partial charge in [0.25, 0.3) is 5.91 Å². The number of hydrogen-bond acceptors (Lipinski definition) is 7. The molecule has 6 rings (SSSR count). The van der Waals surface area contributed by atoms with Crippen molar-refractivity contribution < 1.29 is 9.53 Å². The highest BCUT2D eigenvalue weighted by atomic mass is 16.5. The monoisotopic (exact) mass is 511 g/mol. The van der Waals surface area contributed by atoms with E-state index in [2.05, 4.69) is 36.1 Å². The number of nitrogens with zero attached hydrogens (tertiary/aromatic N) is 4. The number of carbonyl (C=O) groups is 1. The quantitative estimate of drug-likeness (QED) is 0.362. The van der Waals surface area contributed by atoms with Crippen molar-refractivity contribution >= 4 is 28.3 Å². The maximum absolute atomic E-state index is 12.9. The van der Waals surface area contributed by atoms with Gasteiger partial charge in [-0.15, -0.1) is 0 Å². The molecule has 4 N–H and O–H groups in total. The molecule has 1 atom stereocenters. The van der Waals surface area contributed by atoms with Crippen LogP contribution in [0.15, 0.2) is 60.9 Å². The summed E-state index contributed by atoms with van der Waals surface area (Å²) < 4.78 is 5.50. The van der Waals surface area contributed by atoms with E-state index in [-0.39, 0.29) is 11.9 Å². The summed E-state index contributed by atoms with van der Waals surface area (Å²) in [7, 11) is 0. The molecule has 2 fully saturated rings. The number of aromatic nitrogens is 3. The van der Waals surface area contributed by atoms with Gasteiger partial charge in [-0.2, -0.15) is 0 Å². The number of aromatic amines is 1. The Kier molecular flexibility index (Phi) is 7.04. The molecule has 4 aromatic rings. The first-order valence-electron chi connectivity index (χ1n) is 13.3. The molecule has 2 aliphatic heterocycles. The lowest BCUT2D eigenvalue weighted by Gasteiger charge is -2.30. The van der Waals surface area contributed by atoms with Crippen LogP contribution in [0.3, 0.4) is 0 Å². The Hall–Kier alpha value is -3.79. The van der Waals surface area contributed by atoms with Gasteiger partial charge in [-0.05, 0) is 66.9 Å². The van der Waals surface area contributed by atoms with Gasteiger partial charge >= 0.3 is 0 Å². The van der Waals surface area contributed by atoms with Crippen LogP contribution in [0.1, 0.15) is 28.9 Å². The molecule has 196 valence electrons. The van der Waals surface area contributed by atoms with Gasteiger partial charge in [-0.1, -0.05) is 12.1 Å². The fraction of sp³-hybridized carbons (Fsp3) is 0.345.